The Morgan fingerprint density at radius 1 is 1.17 bits per heavy atom. The van der Waals surface area contributed by atoms with Gasteiger partial charge in [-0.2, -0.15) is 0 Å². The number of ether oxygens (including phenoxy) is 2. The second kappa shape index (κ2) is 6.68. The Kier molecular flexibility index (Phi) is 5.03. The zero-order chi connectivity index (χ0) is 18.1. The van der Waals surface area contributed by atoms with Crippen molar-refractivity contribution in [1.82, 2.24) is 0 Å². The molecule has 1 saturated carbocycles. The molecule has 0 heterocycles. The van der Waals surface area contributed by atoms with Crippen LogP contribution >= 0.6 is 0 Å². The van der Waals surface area contributed by atoms with Crippen LogP contribution in [0, 0.1) is 17.7 Å². The van der Waals surface area contributed by atoms with E-state index >= 15 is 0 Å². The van der Waals surface area contributed by atoms with Crippen molar-refractivity contribution in [3.05, 3.63) is 35.6 Å². The van der Waals surface area contributed by atoms with E-state index in [4.69, 9.17) is 9.47 Å². The van der Waals surface area contributed by atoms with E-state index in [0.717, 1.165) is 26.4 Å². The predicted octanol–water partition coefficient (Wildman–Crippen LogP) is 1.21. The van der Waals surface area contributed by atoms with Gasteiger partial charge in [0.2, 0.25) is 0 Å². The number of halogens is 1. The number of Topliss-reactive ketones (excluding diaryl/α,β-unsaturated/α-hetero) is 1. The Hall–Kier alpha value is -2.28. The van der Waals surface area contributed by atoms with Crippen molar-refractivity contribution in [1.29, 1.82) is 0 Å². The van der Waals surface area contributed by atoms with E-state index in [2.05, 4.69) is 0 Å². The van der Waals surface area contributed by atoms with Gasteiger partial charge < -0.3 is 14.6 Å². The number of esters is 2. The molecule has 1 fully saturated rings. The van der Waals surface area contributed by atoms with Crippen LogP contribution in [-0.4, -0.2) is 42.6 Å². The number of benzene rings is 1. The predicted molar refractivity (Wildman–Crippen MR) is 80.4 cm³/mol. The summed E-state index contributed by atoms with van der Waals surface area (Å²) in [5.74, 6) is -6.06. The normalized spacial score (nSPS) is 29.9. The molecule has 1 aliphatic rings. The van der Waals surface area contributed by atoms with Crippen molar-refractivity contribution in [2.75, 3.05) is 14.2 Å². The van der Waals surface area contributed by atoms with E-state index in [1.165, 1.54) is 19.1 Å². The van der Waals surface area contributed by atoms with E-state index in [1.54, 1.807) is 0 Å². The van der Waals surface area contributed by atoms with Crippen LogP contribution < -0.4 is 0 Å². The molecule has 2 rings (SSSR count). The molecular weight excluding hydrogens is 319 g/mol. The molecule has 0 aliphatic heterocycles. The lowest BCUT2D eigenvalue weighted by Crippen LogP contribution is -2.55. The van der Waals surface area contributed by atoms with Crippen LogP contribution in [0.1, 0.15) is 24.8 Å². The molecule has 0 spiro atoms. The van der Waals surface area contributed by atoms with Gasteiger partial charge in [0.05, 0.1) is 25.7 Å². The third kappa shape index (κ3) is 3.17. The molecule has 1 aromatic rings. The number of carbonyl (C=O) groups is 3. The third-order valence-corrected chi connectivity index (χ3v) is 4.43. The summed E-state index contributed by atoms with van der Waals surface area (Å²) in [6, 6.07) is 5.07. The van der Waals surface area contributed by atoms with Crippen LogP contribution in [0.4, 0.5) is 4.39 Å². The molecule has 1 aliphatic carbocycles. The maximum atomic E-state index is 13.2. The molecule has 0 saturated heterocycles. The summed E-state index contributed by atoms with van der Waals surface area (Å²) in [4.78, 5) is 36.9. The highest BCUT2D eigenvalue weighted by molar-refractivity contribution is 6.02. The highest BCUT2D eigenvalue weighted by Crippen LogP contribution is 2.46. The molecular formula is C17H19FO6. The quantitative estimate of drug-likeness (QED) is 0.658. The third-order valence-electron chi connectivity index (χ3n) is 4.43. The summed E-state index contributed by atoms with van der Waals surface area (Å²) >= 11 is 0. The van der Waals surface area contributed by atoms with Crippen molar-refractivity contribution >= 4 is 17.7 Å². The van der Waals surface area contributed by atoms with E-state index in [9.17, 15) is 23.9 Å². The Morgan fingerprint density at radius 2 is 1.71 bits per heavy atom. The topological polar surface area (TPSA) is 89.9 Å². The summed E-state index contributed by atoms with van der Waals surface area (Å²) in [6.45, 7) is 1.34. The maximum Gasteiger partial charge on any atom is 0.316 e. The zero-order valence-electron chi connectivity index (χ0n) is 13.6. The zero-order valence-corrected chi connectivity index (χ0v) is 13.6. The monoisotopic (exact) mass is 338 g/mol. The minimum absolute atomic E-state index is 0.371. The van der Waals surface area contributed by atoms with Gasteiger partial charge in [0.15, 0.2) is 5.78 Å². The van der Waals surface area contributed by atoms with E-state index in [-0.39, 0.29) is 6.42 Å². The van der Waals surface area contributed by atoms with Gasteiger partial charge in [-0.1, -0.05) is 12.1 Å². The lowest BCUT2D eigenvalue weighted by atomic mass is 9.62. The first kappa shape index (κ1) is 18.1. The number of carbonyl (C=O) groups excluding carboxylic acids is 3. The molecule has 6 nitrogen and oxygen atoms in total. The minimum atomic E-state index is -1.70. The van der Waals surface area contributed by atoms with Gasteiger partial charge in [0.25, 0.3) is 0 Å². The van der Waals surface area contributed by atoms with Gasteiger partial charge in [-0.3, -0.25) is 14.4 Å². The van der Waals surface area contributed by atoms with Gasteiger partial charge in [-0.05, 0) is 24.6 Å². The molecule has 0 unspecified atom stereocenters. The fourth-order valence-corrected chi connectivity index (χ4v) is 3.35. The van der Waals surface area contributed by atoms with E-state index in [0.29, 0.717) is 5.56 Å². The summed E-state index contributed by atoms with van der Waals surface area (Å²) in [5.41, 5.74) is -1.33. The molecule has 24 heavy (non-hydrogen) atoms. The van der Waals surface area contributed by atoms with Crippen LogP contribution in [0.25, 0.3) is 0 Å². The first-order valence-electron chi connectivity index (χ1n) is 7.39. The number of hydrogen-bond acceptors (Lipinski definition) is 6. The number of ketones is 1. The maximum absolute atomic E-state index is 13.2. The van der Waals surface area contributed by atoms with Crippen LogP contribution in [0.5, 0.6) is 0 Å². The Labute approximate surface area is 138 Å². The number of hydrogen-bond donors (Lipinski definition) is 1. The number of methoxy groups -OCH3 is 2. The highest BCUT2D eigenvalue weighted by atomic mass is 19.1. The SMILES string of the molecule is COC(=O)[C@H]1C(=O)C[C@](C)(O)[C@@H](C(=O)OC)[C@H]1c1ccc(F)cc1. The molecule has 0 aromatic heterocycles. The Bertz CT molecular complexity index is 652. The molecule has 0 radical (unpaired) electrons. The van der Waals surface area contributed by atoms with Crippen molar-refractivity contribution in [3.8, 4) is 0 Å². The summed E-state index contributed by atoms with van der Waals surface area (Å²) < 4.78 is 22.7. The Morgan fingerprint density at radius 3 is 2.21 bits per heavy atom. The van der Waals surface area contributed by atoms with Crippen LogP contribution in [0.3, 0.4) is 0 Å². The van der Waals surface area contributed by atoms with Gasteiger partial charge in [0, 0.05) is 12.3 Å². The Balaban J connectivity index is 2.63. The second-order valence-electron chi connectivity index (χ2n) is 6.08. The van der Waals surface area contributed by atoms with Gasteiger partial charge in [-0.15, -0.1) is 0 Å². The molecule has 0 bridgehead atoms. The molecule has 130 valence electrons. The fraction of sp³-hybridized carbons (Fsp3) is 0.471. The fourth-order valence-electron chi connectivity index (χ4n) is 3.35. The largest absolute Gasteiger partial charge is 0.469 e. The summed E-state index contributed by atoms with van der Waals surface area (Å²) in [7, 11) is 2.29. The highest BCUT2D eigenvalue weighted by Gasteiger charge is 2.56. The van der Waals surface area contributed by atoms with E-state index < -0.39 is 46.9 Å². The first-order valence-corrected chi connectivity index (χ1v) is 7.39. The molecule has 4 atom stereocenters. The number of aliphatic hydroxyl groups is 1. The van der Waals surface area contributed by atoms with Gasteiger partial charge in [0.1, 0.15) is 11.7 Å². The first-order chi connectivity index (χ1) is 11.2. The van der Waals surface area contributed by atoms with Crippen molar-refractivity contribution in [3.63, 3.8) is 0 Å². The van der Waals surface area contributed by atoms with E-state index in [1.807, 2.05) is 0 Å². The van der Waals surface area contributed by atoms with Crippen molar-refractivity contribution < 1.29 is 33.4 Å². The minimum Gasteiger partial charge on any atom is -0.469 e. The smallest absolute Gasteiger partial charge is 0.316 e. The second-order valence-corrected chi connectivity index (χ2v) is 6.08. The average Bonchev–Trinajstić information content (AvgIpc) is 2.53. The van der Waals surface area contributed by atoms with Crippen LogP contribution in [0.15, 0.2) is 24.3 Å². The van der Waals surface area contributed by atoms with Crippen molar-refractivity contribution in [2.45, 2.75) is 24.9 Å². The number of rotatable bonds is 3. The molecule has 7 heteroatoms. The van der Waals surface area contributed by atoms with Gasteiger partial charge >= 0.3 is 11.9 Å². The molecule has 1 aromatic carbocycles. The average molecular weight is 338 g/mol. The van der Waals surface area contributed by atoms with Crippen LogP contribution in [0.2, 0.25) is 0 Å². The molecule has 1 N–H and O–H groups in total. The van der Waals surface area contributed by atoms with Crippen LogP contribution in [-0.2, 0) is 23.9 Å². The van der Waals surface area contributed by atoms with Gasteiger partial charge in [-0.25, -0.2) is 4.39 Å². The summed E-state index contributed by atoms with van der Waals surface area (Å²) in [5, 5.41) is 10.6. The lowest BCUT2D eigenvalue weighted by Gasteiger charge is -2.43. The standard InChI is InChI=1S/C17H19FO6/c1-17(22)8-11(19)13(15(20)23-2)12(14(17)16(21)24-3)9-4-6-10(18)7-5-9/h4-7,12-14,22H,8H2,1-3H3/t12-,13-,14+,17-/m0/s1. The molecule has 0 amide bonds. The lowest BCUT2D eigenvalue weighted by molar-refractivity contribution is -0.170. The van der Waals surface area contributed by atoms with Crippen molar-refractivity contribution in [2.24, 2.45) is 11.8 Å². The summed E-state index contributed by atoms with van der Waals surface area (Å²) in [6.07, 6.45) is -0.385.